The van der Waals surface area contributed by atoms with Gasteiger partial charge in [-0.3, -0.25) is 14.4 Å². The lowest BCUT2D eigenvalue weighted by Crippen LogP contribution is -2.43. The van der Waals surface area contributed by atoms with Crippen LogP contribution in [0.4, 0.5) is 30.5 Å². The van der Waals surface area contributed by atoms with E-state index in [9.17, 15) is 18.0 Å². The number of carbonyl (C=O) groups excluding carboxylic acids is 1. The molecule has 1 unspecified atom stereocenters. The molecule has 3 aromatic carbocycles. The van der Waals surface area contributed by atoms with Crippen molar-refractivity contribution in [1.29, 1.82) is 0 Å². The number of anilines is 3. The van der Waals surface area contributed by atoms with Crippen molar-refractivity contribution in [1.82, 2.24) is 24.6 Å². The molecule has 0 aliphatic heterocycles. The minimum atomic E-state index is -4.62. The van der Waals surface area contributed by atoms with Gasteiger partial charge in [0.1, 0.15) is 5.75 Å². The number of methoxy groups -OCH3 is 1. The molecule has 0 spiro atoms. The molecule has 0 saturated heterocycles. The number of nitrogens with two attached hydrogens (primary N) is 1. The van der Waals surface area contributed by atoms with Gasteiger partial charge in [0.15, 0.2) is 0 Å². The summed E-state index contributed by atoms with van der Waals surface area (Å²) in [5.41, 5.74) is 10.0. The fraction of sp³-hybridized carbons (Fsp3) is 0.294. The zero-order valence-electron chi connectivity index (χ0n) is 27.3. The number of hydrogen-bond acceptors (Lipinski definition) is 8. The van der Waals surface area contributed by atoms with Gasteiger partial charge >= 0.3 is 6.18 Å². The number of amides is 1. The number of alkyl halides is 3. The second-order valence-corrected chi connectivity index (χ2v) is 11.6. The summed E-state index contributed by atoms with van der Waals surface area (Å²) in [7, 11) is 8.88. The number of fused-ring (bicyclic) bond motifs is 1. The first-order valence-electron chi connectivity index (χ1n) is 14.9. The Labute approximate surface area is 271 Å². The maximum Gasteiger partial charge on any atom is 0.416 e. The molecular formula is C34H37F3N8O2. The molecule has 5 rings (SSSR count). The third-order valence-electron chi connectivity index (χ3n) is 8.18. The lowest BCUT2D eigenvalue weighted by atomic mass is 9.93. The average Bonchev–Trinajstić information content (AvgIpc) is 3.45. The summed E-state index contributed by atoms with van der Waals surface area (Å²) in [6, 6.07) is 10.4. The molecule has 0 aliphatic rings. The number of nitrogen functional groups attached to an aromatic ring is 1. The Morgan fingerprint density at radius 3 is 2.45 bits per heavy atom. The summed E-state index contributed by atoms with van der Waals surface area (Å²) >= 11 is 0. The van der Waals surface area contributed by atoms with Crippen LogP contribution in [-0.4, -0.2) is 65.0 Å². The summed E-state index contributed by atoms with van der Waals surface area (Å²) < 4.78 is 49.1. The summed E-state index contributed by atoms with van der Waals surface area (Å²) in [5, 5.41) is 7.87. The Morgan fingerprint density at radius 2 is 1.83 bits per heavy atom. The van der Waals surface area contributed by atoms with E-state index < -0.39 is 17.6 Å². The number of nitrogens with one attached hydrogen (secondary N) is 1. The van der Waals surface area contributed by atoms with E-state index in [4.69, 9.17) is 10.5 Å². The standard InChI is InChI=1S/C34H37F3N8O2/c1-8-28(43(3)4)45(6)27-12-10-22(34(35,36)37)14-26(27)32(46)41-23-11-9-19(2)24(15-23)25-13-20-16-39-33(38)42-30(20)29(31(25)47-7)21-17-40-44(5)18-21/h9-18,28H,8H2,1-7H3,(H,41,46)(H2,38,39,42). The molecule has 0 saturated carbocycles. The van der Waals surface area contributed by atoms with Gasteiger partial charge in [0.05, 0.1) is 47.4 Å². The number of halogens is 3. The Hall–Kier alpha value is -5.17. The highest BCUT2D eigenvalue weighted by Gasteiger charge is 2.33. The fourth-order valence-electron chi connectivity index (χ4n) is 5.94. The Balaban J connectivity index is 1.63. The van der Waals surface area contributed by atoms with Gasteiger partial charge in [0.2, 0.25) is 5.95 Å². The SMILES string of the molecule is CCC(N(C)C)N(C)c1ccc(C(F)(F)F)cc1C(=O)Nc1ccc(C)c(-c2cc3cnc(N)nc3c(-c3cnn(C)c3)c2OC)c1. The average molecular weight is 647 g/mol. The molecule has 10 nitrogen and oxygen atoms in total. The molecule has 0 bridgehead atoms. The Bertz CT molecular complexity index is 1950. The zero-order chi connectivity index (χ0) is 34.2. The van der Waals surface area contributed by atoms with Crippen LogP contribution in [0, 0.1) is 6.92 Å². The molecular weight excluding hydrogens is 609 g/mol. The van der Waals surface area contributed by atoms with Crippen LogP contribution in [0.2, 0.25) is 0 Å². The highest BCUT2D eigenvalue weighted by Crippen LogP contribution is 2.45. The number of benzene rings is 3. The van der Waals surface area contributed by atoms with Crippen molar-refractivity contribution in [3.63, 3.8) is 0 Å². The molecule has 2 aromatic heterocycles. The molecule has 1 amide bonds. The highest BCUT2D eigenvalue weighted by atomic mass is 19.4. The molecule has 5 aromatic rings. The molecule has 0 fully saturated rings. The van der Waals surface area contributed by atoms with Crippen LogP contribution in [0.3, 0.4) is 0 Å². The summed E-state index contributed by atoms with van der Waals surface area (Å²) in [6.45, 7) is 3.89. The van der Waals surface area contributed by atoms with E-state index in [-0.39, 0.29) is 17.7 Å². The topological polar surface area (TPSA) is 114 Å². The van der Waals surface area contributed by atoms with Crippen LogP contribution in [-0.2, 0) is 13.2 Å². The van der Waals surface area contributed by atoms with E-state index in [0.717, 1.165) is 28.8 Å². The summed E-state index contributed by atoms with van der Waals surface area (Å²) in [5.74, 6) is -0.0631. The van der Waals surface area contributed by atoms with Crippen molar-refractivity contribution < 1.29 is 22.7 Å². The monoisotopic (exact) mass is 646 g/mol. The minimum Gasteiger partial charge on any atom is -0.495 e. The highest BCUT2D eigenvalue weighted by molar-refractivity contribution is 6.09. The largest absolute Gasteiger partial charge is 0.495 e. The van der Waals surface area contributed by atoms with E-state index >= 15 is 0 Å². The van der Waals surface area contributed by atoms with Crippen molar-refractivity contribution >= 4 is 34.1 Å². The predicted molar refractivity (Wildman–Crippen MR) is 178 cm³/mol. The van der Waals surface area contributed by atoms with Gasteiger partial charge < -0.3 is 20.7 Å². The maximum atomic E-state index is 13.8. The van der Waals surface area contributed by atoms with Crippen molar-refractivity contribution in [2.45, 2.75) is 32.6 Å². The number of nitrogens with zero attached hydrogens (tertiary/aromatic N) is 6. The van der Waals surface area contributed by atoms with Gasteiger partial charge in [-0.15, -0.1) is 0 Å². The number of aryl methyl sites for hydroxylation is 2. The van der Waals surface area contributed by atoms with E-state index in [1.54, 1.807) is 50.4 Å². The molecule has 47 heavy (non-hydrogen) atoms. The normalized spacial score (nSPS) is 12.4. The molecule has 0 radical (unpaired) electrons. The first kappa shape index (κ1) is 33.2. The molecule has 246 valence electrons. The van der Waals surface area contributed by atoms with Crippen molar-refractivity contribution in [3.8, 4) is 28.0 Å². The molecule has 1 atom stereocenters. The number of rotatable bonds is 9. The number of ether oxygens (including phenoxy) is 1. The fourth-order valence-corrected chi connectivity index (χ4v) is 5.94. The van der Waals surface area contributed by atoms with Crippen LogP contribution in [0.1, 0.15) is 34.8 Å². The quantitative estimate of drug-likeness (QED) is 0.172. The van der Waals surface area contributed by atoms with Gasteiger partial charge in [0, 0.05) is 48.7 Å². The van der Waals surface area contributed by atoms with E-state index in [1.165, 1.54) is 6.07 Å². The van der Waals surface area contributed by atoms with Gasteiger partial charge in [-0.25, -0.2) is 9.97 Å². The predicted octanol–water partition coefficient (Wildman–Crippen LogP) is 6.60. The van der Waals surface area contributed by atoms with Gasteiger partial charge in [0.25, 0.3) is 5.91 Å². The van der Waals surface area contributed by atoms with E-state index in [1.807, 2.05) is 56.1 Å². The smallest absolute Gasteiger partial charge is 0.416 e. The Morgan fingerprint density at radius 1 is 1.09 bits per heavy atom. The van der Waals surface area contributed by atoms with E-state index in [0.29, 0.717) is 45.6 Å². The lowest BCUT2D eigenvalue weighted by molar-refractivity contribution is -0.137. The zero-order valence-corrected chi connectivity index (χ0v) is 27.3. The van der Waals surface area contributed by atoms with E-state index in [2.05, 4.69) is 20.4 Å². The van der Waals surface area contributed by atoms with Crippen LogP contribution >= 0.6 is 0 Å². The Kier molecular flexibility index (Phi) is 9.12. The second-order valence-electron chi connectivity index (χ2n) is 11.6. The van der Waals surface area contributed by atoms with Crippen LogP contribution in [0.15, 0.2) is 61.1 Å². The first-order valence-corrected chi connectivity index (χ1v) is 14.9. The number of hydrogen-bond donors (Lipinski definition) is 2. The number of carbonyl (C=O) groups is 1. The second kappa shape index (κ2) is 12.9. The third-order valence-corrected chi connectivity index (χ3v) is 8.18. The molecule has 13 heteroatoms. The van der Waals surface area contributed by atoms with Crippen molar-refractivity contribution in [3.05, 3.63) is 77.7 Å². The van der Waals surface area contributed by atoms with Crippen molar-refractivity contribution in [2.24, 2.45) is 7.05 Å². The molecule has 2 heterocycles. The van der Waals surface area contributed by atoms with Gasteiger partial charge in [-0.2, -0.15) is 18.3 Å². The first-order chi connectivity index (χ1) is 22.2. The molecule has 3 N–H and O–H groups in total. The molecule has 0 aliphatic carbocycles. The van der Waals surface area contributed by atoms with Crippen LogP contribution in [0.25, 0.3) is 33.2 Å². The van der Waals surface area contributed by atoms with Crippen molar-refractivity contribution in [2.75, 3.05) is 44.2 Å². The number of aromatic nitrogens is 4. The minimum absolute atomic E-state index is 0.0957. The third kappa shape index (κ3) is 6.57. The maximum absolute atomic E-state index is 13.8. The summed E-state index contributed by atoms with van der Waals surface area (Å²) in [4.78, 5) is 26.3. The summed E-state index contributed by atoms with van der Waals surface area (Å²) in [6.07, 6.45) is 1.07. The lowest BCUT2D eigenvalue weighted by Gasteiger charge is -2.35. The van der Waals surface area contributed by atoms with Gasteiger partial charge in [-0.05, 0) is 75.0 Å². The van der Waals surface area contributed by atoms with Crippen LogP contribution < -0.4 is 20.7 Å². The van der Waals surface area contributed by atoms with Gasteiger partial charge in [-0.1, -0.05) is 13.0 Å². The van der Waals surface area contributed by atoms with Crippen LogP contribution in [0.5, 0.6) is 5.75 Å².